The molecule has 3 aromatic rings. The maximum atomic E-state index is 12.7. The third kappa shape index (κ3) is 2.81. The van der Waals surface area contributed by atoms with Crippen molar-refractivity contribution in [3.05, 3.63) is 47.3 Å². The maximum absolute atomic E-state index is 12.7. The van der Waals surface area contributed by atoms with E-state index in [1.54, 1.807) is 0 Å². The van der Waals surface area contributed by atoms with Crippen molar-refractivity contribution in [1.82, 2.24) is 15.0 Å². The second-order valence-electron chi connectivity index (χ2n) is 5.32. The van der Waals surface area contributed by atoms with Crippen LogP contribution in [-0.2, 0) is 6.18 Å². The molecule has 0 aliphatic carbocycles. The second-order valence-corrected chi connectivity index (χ2v) is 5.32. The predicted octanol–water partition coefficient (Wildman–Crippen LogP) is 3.91. The number of nitrogen functional groups attached to an aromatic ring is 1. The predicted molar refractivity (Wildman–Crippen MR) is 81.7 cm³/mol. The van der Waals surface area contributed by atoms with Gasteiger partial charge in [0.05, 0.1) is 11.7 Å². The number of aryl methyl sites for hydroxylation is 2. The molecule has 3 rings (SSSR count). The molecule has 0 saturated heterocycles. The van der Waals surface area contributed by atoms with E-state index in [1.807, 2.05) is 26.0 Å². The number of benzene rings is 1. The Kier molecular flexibility index (Phi) is 3.43. The lowest BCUT2D eigenvalue weighted by molar-refractivity contribution is -0.140. The van der Waals surface area contributed by atoms with E-state index in [0.29, 0.717) is 17.0 Å². The molecule has 0 aliphatic rings. The number of pyridine rings is 1. The summed E-state index contributed by atoms with van der Waals surface area (Å²) in [5.41, 5.74) is 8.61. The Labute approximate surface area is 130 Å². The molecule has 0 fully saturated rings. The van der Waals surface area contributed by atoms with Crippen molar-refractivity contribution in [2.24, 2.45) is 0 Å². The lowest BCUT2D eigenvalue weighted by Gasteiger charge is -2.10. The molecule has 0 radical (unpaired) electrons. The molecule has 0 amide bonds. The van der Waals surface area contributed by atoms with Gasteiger partial charge in [-0.2, -0.15) is 13.2 Å². The van der Waals surface area contributed by atoms with E-state index < -0.39 is 11.9 Å². The van der Waals surface area contributed by atoms with E-state index >= 15 is 0 Å². The van der Waals surface area contributed by atoms with Crippen LogP contribution in [0.2, 0.25) is 0 Å². The van der Waals surface area contributed by atoms with Crippen LogP contribution in [0.1, 0.15) is 16.8 Å². The van der Waals surface area contributed by atoms with Crippen LogP contribution in [0.25, 0.3) is 22.4 Å². The van der Waals surface area contributed by atoms with Crippen molar-refractivity contribution in [1.29, 1.82) is 0 Å². The lowest BCUT2D eigenvalue weighted by Crippen LogP contribution is -2.08. The van der Waals surface area contributed by atoms with Crippen LogP contribution in [-0.4, -0.2) is 15.0 Å². The first-order chi connectivity index (χ1) is 10.8. The summed E-state index contributed by atoms with van der Waals surface area (Å²) in [6.07, 6.45) is -3.18. The fourth-order valence-corrected chi connectivity index (χ4v) is 2.29. The quantitative estimate of drug-likeness (QED) is 0.691. The zero-order chi connectivity index (χ0) is 16.8. The maximum Gasteiger partial charge on any atom is 0.433 e. The van der Waals surface area contributed by atoms with Gasteiger partial charge in [-0.15, -0.1) is 0 Å². The number of halogens is 3. The number of aromatic nitrogens is 3. The van der Waals surface area contributed by atoms with Crippen molar-refractivity contribution in [2.75, 3.05) is 5.73 Å². The summed E-state index contributed by atoms with van der Waals surface area (Å²) in [6.45, 7) is 3.75. The van der Waals surface area contributed by atoms with Crippen LogP contribution in [0.5, 0.6) is 0 Å². The third-order valence-corrected chi connectivity index (χ3v) is 3.58. The molecule has 1 aromatic carbocycles. The molecule has 118 valence electrons. The van der Waals surface area contributed by atoms with E-state index in [-0.39, 0.29) is 5.52 Å². The molecule has 2 heterocycles. The van der Waals surface area contributed by atoms with Gasteiger partial charge in [0.1, 0.15) is 11.2 Å². The normalized spacial score (nSPS) is 11.9. The molecule has 23 heavy (non-hydrogen) atoms. The van der Waals surface area contributed by atoms with Crippen LogP contribution < -0.4 is 5.73 Å². The van der Waals surface area contributed by atoms with Gasteiger partial charge < -0.3 is 5.73 Å². The van der Waals surface area contributed by atoms with Gasteiger partial charge in [0, 0.05) is 11.3 Å². The van der Waals surface area contributed by atoms with Crippen molar-refractivity contribution in [2.45, 2.75) is 20.0 Å². The number of nitrogens with zero attached hydrogens (tertiary/aromatic N) is 3. The first kappa shape index (κ1) is 15.2. The second kappa shape index (κ2) is 5.19. The standard InChI is InChI=1S/C16H13F3N4/c1-8-6-11(20)9(2)5-10(8)15-21-7-13-12(23-15)3-4-14(22-13)16(17,18)19/h3-7H,20H2,1-2H3. The number of alkyl halides is 3. The van der Waals surface area contributed by atoms with E-state index in [4.69, 9.17) is 5.73 Å². The molecular weight excluding hydrogens is 305 g/mol. The summed E-state index contributed by atoms with van der Waals surface area (Å²) in [5.74, 6) is 0.430. The highest BCUT2D eigenvalue weighted by atomic mass is 19.4. The topological polar surface area (TPSA) is 64.7 Å². The third-order valence-electron chi connectivity index (χ3n) is 3.58. The molecule has 0 spiro atoms. The SMILES string of the molecule is Cc1cc(-c2ncc3nc(C(F)(F)F)ccc3n2)c(C)cc1N. The summed E-state index contributed by atoms with van der Waals surface area (Å²) in [7, 11) is 0. The summed E-state index contributed by atoms with van der Waals surface area (Å²) in [4.78, 5) is 12.0. The Morgan fingerprint density at radius 2 is 1.70 bits per heavy atom. The lowest BCUT2D eigenvalue weighted by atomic mass is 10.0. The van der Waals surface area contributed by atoms with Crippen LogP contribution in [0, 0.1) is 13.8 Å². The van der Waals surface area contributed by atoms with Crippen LogP contribution >= 0.6 is 0 Å². The van der Waals surface area contributed by atoms with Gasteiger partial charge in [0.2, 0.25) is 0 Å². The first-order valence-corrected chi connectivity index (χ1v) is 6.84. The average Bonchev–Trinajstić information content (AvgIpc) is 2.49. The number of nitrogens with two attached hydrogens (primary N) is 1. The van der Waals surface area contributed by atoms with Crippen LogP contribution in [0.4, 0.5) is 18.9 Å². The Morgan fingerprint density at radius 3 is 2.39 bits per heavy atom. The van der Waals surface area contributed by atoms with Gasteiger partial charge in [-0.3, -0.25) is 0 Å². The Balaban J connectivity index is 2.13. The molecule has 2 N–H and O–H groups in total. The molecule has 4 nitrogen and oxygen atoms in total. The number of fused-ring (bicyclic) bond motifs is 1. The van der Waals surface area contributed by atoms with Crippen molar-refractivity contribution in [3.63, 3.8) is 0 Å². The Morgan fingerprint density at radius 1 is 0.957 bits per heavy atom. The van der Waals surface area contributed by atoms with Gasteiger partial charge in [-0.05, 0) is 49.2 Å². The molecule has 0 saturated carbocycles. The zero-order valence-corrected chi connectivity index (χ0v) is 12.4. The van der Waals surface area contributed by atoms with E-state index in [0.717, 1.165) is 22.8 Å². The molecular formula is C16H13F3N4. The molecule has 7 heteroatoms. The summed E-state index contributed by atoms with van der Waals surface area (Å²) in [5, 5.41) is 0. The molecule has 0 aliphatic heterocycles. The Bertz CT molecular complexity index is 904. The molecule has 2 aromatic heterocycles. The van der Waals surface area contributed by atoms with Gasteiger partial charge >= 0.3 is 6.18 Å². The molecule has 0 unspecified atom stereocenters. The van der Waals surface area contributed by atoms with Crippen LogP contribution in [0.15, 0.2) is 30.5 Å². The largest absolute Gasteiger partial charge is 0.433 e. The number of hydrogen-bond acceptors (Lipinski definition) is 4. The van der Waals surface area contributed by atoms with Gasteiger partial charge in [-0.25, -0.2) is 15.0 Å². The van der Waals surface area contributed by atoms with E-state index in [1.165, 1.54) is 12.3 Å². The van der Waals surface area contributed by atoms with Crippen molar-refractivity contribution < 1.29 is 13.2 Å². The van der Waals surface area contributed by atoms with Gasteiger partial charge in [0.15, 0.2) is 5.82 Å². The van der Waals surface area contributed by atoms with E-state index in [2.05, 4.69) is 15.0 Å². The summed E-state index contributed by atoms with van der Waals surface area (Å²) < 4.78 is 38.0. The van der Waals surface area contributed by atoms with Crippen molar-refractivity contribution >= 4 is 16.7 Å². The monoisotopic (exact) mass is 318 g/mol. The minimum Gasteiger partial charge on any atom is -0.399 e. The highest BCUT2D eigenvalue weighted by Gasteiger charge is 2.32. The minimum absolute atomic E-state index is 0.105. The summed E-state index contributed by atoms with van der Waals surface area (Å²) >= 11 is 0. The van der Waals surface area contributed by atoms with Crippen LogP contribution in [0.3, 0.4) is 0 Å². The van der Waals surface area contributed by atoms with E-state index in [9.17, 15) is 13.2 Å². The number of hydrogen-bond donors (Lipinski definition) is 1. The van der Waals surface area contributed by atoms with Gasteiger partial charge in [0.25, 0.3) is 0 Å². The fourth-order valence-electron chi connectivity index (χ4n) is 2.29. The molecule has 0 bridgehead atoms. The highest BCUT2D eigenvalue weighted by molar-refractivity contribution is 5.77. The van der Waals surface area contributed by atoms with Crippen molar-refractivity contribution in [3.8, 4) is 11.4 Å². The first-order valence-electron chi connectivity index (χ1n) is 6.84. The summed E-state index contributed by atoms with van der Waals surface area (Å²) in [6, 6.07) is 5.91. The zero-order valence-electron chi connectivity index (χ0n) is 12.4. The molecule has 0 atom stereocenters. The number of rotatable bonds is 1. The fraction of sp³-hybridized carbons (Fsp3) is 0.188. The smallest absolute Gasteiger partial charge is 0.399 e. The highest BCUT2D eigenvalue weighted by Crippen LogP contribution is 2.30. The Hall–Kier alpha value is -2.70. The van der Waals surface area contributed by atoms with Gasteiger partial charge in [-0.1, -0.05) is 0 Å². The minimum atomic E-state index is -4.49. The average molecular weight is 318 g/mol. The number of anilines is 1.